The number of hydrogen-bond donors (Lipinski definition) is 1. The van der Waals surface area contributed by atoms with Gasteiger partial charge in [-0.3, -0.25) is 0 Å². The van der Waals surface area contributed by atoms with Gasteiger partial charge < -0.3 is 10.5 Å². The highest BCUT2D eigenvalue weighted by Gasteiger charge is 2.44. The van der Waals surface area contributed by atoms with Crippen molar-refractivity contribution in [3.8, 4) is 6.07 Å². The molecule has 4 nitrogen and oxygen atoms in total. The maximum Gasteiger partial charge on any atom is 0.382 e. The van der Waals surface area contributed by atoms with Crippen LogP contribution in [0.15, 0.2) is 12.1 Å². The number of halogens is 3. The quantitative estimate of drug-likeness (QED) is 0.664. The summed E-state index contributed by atoms with van der Waals surface area (Å²) in [5.41, 5.74) is 3.24. The second kappa shape index (κ2) is 4.96. The van der Waals surface area contributed by atoms with Gasteiger partial charge in [0.15, 0.2) is 0 Å². The van der Waals surface area contributed by atoms with Crippen molar-refractivity contribution in [3.05, 3.63) is 29.1 Å². The van der Waals surface area contributed by atoms with E-state index < -0.39 is 34.5 Å². The van der Waals surface area contributed by atoms with Crippen LogP contribution in [0.5, 0.6) is 0 Å². The monoisotopic (exact) mass is 258 g/mol. The molecule has 96 valence electrons. The zero-order valence-corrected chi connectivity index (χ0v) is 9.34. The smallest absolute Gasteiger partial charge is 0.382 e. The summed E-state index contributed by atoms with van der Waals surface area (Å²) in [6.07, 6.45) is 0. The van der Waals surface area contributed by atoms with Crippen LogP contribution >= 0.6 is 0 Å². The maximum atomic E-state index is 13.6. The van der Waals surface area contributed by atoms with Crippen molar-refractivity contribution in [1.29, 1.82) is 5.26 Å². The van der Waals surface area contributed by atoms with E-state index in [9.17, 15) is 18.0 Å². The minimum atomic E-state index is -4.06. The summed E-state index contributed by atoms with van der Waals surface area (Å²) in [7, 11) is 0. The molecule has 18 heavy (non-hydrogen) atoms. The normalized spacial score (nSPS) is 10.8. The lowest BCUT2D eigenvalue weighted by Crippen LogP contribution is -2.29. The number of carbonyl (C=O) groups excluding carboxylic acids is 1. The summed E-state index contributed by atoms with van der Waals surface area (Å²) in [4.78, 5) is 11.1. The molecule has 0 amide bonds. The Morgan fingerprint density at radius 3 is 2.67 bits per heavy atom. The van der Waals surface area contributed by atoms with Gasteiger partial charge in [0.05, 0.1) is 17.7 Å². The number of nitriles is 1. The Labute approximate surface area is 101 Å². The molecule has 0 saturated carbocycles. The molecule has 0 heterocycles. The number of benzene rings is 1. The minimum absolute atomic E-state index is 0.243. The number of alkyl halides is 2. The third-order valence-electron chi connectivity index (χ3n) is 2.13. The largest absolute Gasteiger partial charge is 0.461 e. The average Bonchev–Trinajstić information content (AvgIpc) is 2.31. The molecule has 0 bridgehead atoms. The van der Waals surface area contributed by atoms with Crippen LogP contribution in [0.25, 0.3) is 0 Å². The van der Waals surface area contributed by atoms with Gasteiger partial charge in [0.1, 0.15) is 11.9 Å². The minimum Gasteiger partial charge on any atom is -0.461 e. The van der Waals surface area contributed by atoms with E-state index in [-0.39, 0.29) is 6.61 Å². The zero-order valence-electron chi connectivity index (χ0n) is 9.34. The zero-order chi connectivity index (χ0) is 13.9. The first kappa shape index (κ1) is 13.8. The van der Waals surface area contributed by atoms with Crippen LogP contribution in [0.1, 0.15) is 18.1 Å². The average molecular weight is 258 g/mol. The van der Waals surface area contributed by atoms with E-state index in [2.05, 4.69) is 4.74 Å². The van der Waals surface area contributed by atoms with E-state index in [1.807, 2.05) is 0 Å². The lowest BCUT2D eigenvalue weighted by atomic mass is 10.0. The molecular weight excluding hydrogens is 249 g/mol. The Morgan fingerprint density at radius 1 is 1.56 bits per heavy atom. The molecule has 0 fully saturated rings. The topological polar surface area (TPSA) is 76.1 Å². The van der Waals surface area contributed by atoms with Crippen molar-refractivity contribution in [2.45, 2.75) is 12.8 Å². The van der Waals surface area contributed by atoms with Gasteiger partial charge in [-0.1, -0.05) is 0 Å². The second-order valence-corrected chi connectivity index (χ2v) is 3.33. The van der Waals surface area contributed by atoms with Crippen LogP contribution in [0, 0.1) is 17.1 Å². The van der Waals surface area contributed by atoms with Gasteiger partial charge in [-0.05, 0) is 19.1 Å². The van der Waals surface area contributed by atoms with Gasteiger partial charge in [0.25, 0.3) is 0 Å². The number of esters is 1. The SMILES string of the molecule is CCOC(=O)C(F)(F)c1cc(F)c(C#N)cc1N. The van der Waals surface area contributed by atoms with Crippen molar-refractivity contribution >= 4 is 11.7 Å². The number of anilines is 1. The molecule has 0 unspecified atom stereocenters. The van der Waals surface area contributed by atoms with Gasteiger partial charge in [-0.2, -0.15) is 14.0 Å². The first-order valence-corrected chi connectivity index (χ1v) is 4.89. The number of rotatable bonds is 3. The van der Waals surface area contributed by atoms with E-state index in [1.165, 1.54) is 13.0 Å². The van der Waals surface area contributed by atoms with Crippen molar-refractivity contribution in [2.75, 3.05) is 12.3 Å². The highest BCUT2D eigenvalue weighted by atomic mass is 19.3. The lowest BCUT2D eigenvalue weighted by Gasteiger charge is -2.17. The number of carbonyl (C=O) groups is 1. The highest BCUT2D eigenvalue weighted by Crippen LogP contribution is 2.34. The molecule has 0 aliphatic carbocycles. The van der Waals surface area contributed by atoms with E-state index in [4.69, 9.17) is 11.0 Å². The van der Waals surface area contributed by atoms with Crippen molar-refractivity contribution in [2.24, 2.45) is 0 Å². The first-order chi connectivity index (χ1) is 8.34. The van der Waals surface area contributed by atoms with E-state index in [1.54, 1.807) is 0 Å². The summed E-state index contributed by atoms with van der Waals surface area (Å²) in [5, 5.41) is 8.51. The van der Waals surface area contributed by atoms with Crippen LogP contribution in [-0.4, -0.2) is 12.6 Å². The maximum absolute atomic E-state index is 13.6. The molecule has 0 saturated heterocycles. The van der Waals surface area contributed by atoms with E-state index in [0.29, 0.717) is 6.07 Å². The summed E-state index contributed by atoms with van der Waals surface area (Å²) < 4.78 is 44.6. The predicted molar refractivity (Wildman–Crippen MR) is 56.1 cm³/mol. The van der Waals surface area contributed by atoms with Crippen LogP contribution < -0.4 is 5.73 Å². The number of hydrogen-bond acceptors (Lipinski definition) is 4. The molecule has 1 rings (SSSR count). The van der Waals surface area contributed by atoms with Gasteiger partial charge in [-0.15, -0.1) is 0 Å². The number of ether oxygens (including phenoxy) is 1. The van der Waals surface area contributed by atoms with Crippen LogP contribution in [-0.2, 0) is 15.5 Å². The molecule has 1 aromatic carbocycles. The molecule has 7 heteroatoms. The Hall–Kier alpha value is -2.23. The first-order valence-electron chi connectivity index (χ1n) is 4.89. The molecular formula is C11H9F3N2O2. The Kier molecular flexibility index (Phi) is 3.81. The summed E-state index contributed by atoms with van der Waals surface area (Å²) in [6, 6.07) is 2.57. The highest BCUT2D eigenvalue weighted by molar-refractivity contribution is 5.81. The molecule has 0 radical (unpaired) electrons. The van der Waals surface area contributed by atoms with Gasteiger partial charge in [0.2, 0.25) is 0 Å². The number of nitrogens with two attached hydrogens (primary N) is 1. The molecule has 0 spiro atoms. The fourth-order valence-corrected chi connectivity index (χ4v) is 1.28. The molecule has 0 aromatic heterocycles. The van der Waals surface area contributed by atoms with Gasteiger partial charge in [-0.25, -0.2) is 9.18 Å². The Balaban J connectivity index is 3.30. The van der Waals surface area contributed by atoms with Crippen LogP contribution in [0.2, 0.25) is 0 Å². The fourth-order valence-electron chi connectivity index (χ4n) is 1.28. The van der Waals surface area contributed by atoms with Gasteiger partial charge >= 0.3 is 11.9 Å². The van der Waals surface area contributed by atoms with Crippen LogP contribution in [0.4, 0.5) is 18.9 Å². The van der Waals surface area contributed by atoms with Crippen LogP contribution in [0.3, 0.4) is 0 Å². The van der Waals surface area contributed by atoms with Gasteiger partial charge in [0, 0.05) is 5.69 Å². The molecule has 0 atom stereocenters. The second-order valence-electron chi connectivity index (χ2n) is 3.33. The number of nitrogens with zero attached hydrogens (tertiary/aromatic N) is 1. The summed E-state index contributed by atoms with van der Waals surface area (Å²) >= 11 is 0. The molecule has 0 aliphatic rings. The number of nitrogen functional groups attached to an aromatic ring is 1. The van der Waals surface area contributed by atoms with E-state index >= 15 is 0 Å². The standard InChI is InChI=1S/C11H9F3N2O2/c1-2-18-10(17)11(13,14)7-4-8(12)6(5-15)3-9(7)16/h3-4H,2,16H2,1H3. The van der Waals surface area contributed by atoms with Crippen molar-refractivity contribution in [3.63, 3.8) is 0 Å². The lowest BCUT2D eigenvalue weighted by molar-refractivity contribution is -0.173. The molecule has 2 N–H and O–H groups in total. The third-order valence-corrected chi connectivity index (χ3v) is 2.13. The Bertz CT molecular complexity index is 524. The molecule has 1 aromatic rings. The predicted octanol–water partition coefficient (Wildman–Crippen LogP) is 1.93. The Morgan fingerprint density at radius 2 is 2.17 bits per heavy atom. The fraction of sp³-hybridized carbons (Fsp3) is 0.273. The van der Waals surface area contributed by atoms with Crippen molar-refractivity contribution < 1.29 is 22.7 Å². The summed E-state index contributed by atoms with van der Waals surface area (Å²) in [6.45, 7) is 1.11. The summed E-state index contributed by atoms with van der Waals surface area (Å²) in [5.74, 6) is -7.05. The third kappa shape index (κ3) is 2.37. The van der Waals surface area contributed by atoms with E-state index in [0.717, 1.165) is 6.07 Å². The van der Waals surface area contributed by atoms with Crippen molar-refractivity contribution in [1.82, 2.24) is 0 Å². The molecule has 0 aliphatic heterocycles.